The van der Waals surface area contributed by atoms with Gasteiger partial charge in [0.05, 0.1) is 6.10 Å². The summed E-state index contributed by atoms with van der Waals surface area (Å²) < 4.78 is 5.48. The molecule has 1 aliphatic heterocycles. The second-order valence-electron chi connectivity index (χ2n) is 4.95. The standard InChI is InChI=1S/C14H16ClNO5/c1-8(21-11-4-2-3-9(15)5-11)13(18)16-7-10(17)6-12(16)14(19)20/h2-5,8,10,12,17H,6-7H2,1H3,(H,19,20)/t8?,10-,12-/m1/s1. The quantitative estimate of drug-likeness (QED) is 0.871. The third-order valence-electron chi connectivity index (χ3n) is 3.30. The maximum Gasteiger partial charge on any atom is 0.326 e. The van der Waals surface area contributed by atoms with Gasteiger partial charge in [0.1, 0.15) is 11.8 Å². The molecule has 0 bridgehead atoms. The molecule has 6 nitrogen and oxygen atoms in total. The predicted octanol–water partition coefficient (Wildman–Crippen LogP) is 1.15. The summed E-state index contributed by atoms with van der Waals surface area (Å²) in [4.78, 5) is 24.6. The topological polar surface area (TPSA) is 87.1 Å². The molecule has 1 saturated heterocycles. The summed E-state index contributed by atoms with van der Waals surface area (Å²) >= 11 is 5.83. The van der Waals surface area contributed by atoms with Gasteiger partial charge in [0.25, 0.3) is 5.91 Å². The number of ether oxygens (including phenoxy) is 1. The van der Waals surface area contributed by atoms with E-state index in [9.17, 15) is 14.7 Å². The van der Waals surface area contributed by atoms with E-state index in [1.165, 1.54) is 6.92 Å². The highest BCUT2D eigenvalue weighted by molar-refractivity contribution is 6.30. The second-order valence-corrected chi connectivity index (χ2v) is 5.39. The number of β-amino-alcohol motifs (C(OH)–C–C–N with tert-alkyl or cyclic N) is 1. The van der Waals surface area contributed by atoms with E-state index in [0.29, 0.717) is 10.8 Å². The number of aliphatic hydroxyl groups is 1. The fourth-order valence-electron chi connectivity index (χ4n) is 2.32. The van der Waals surface area contributed by atoms with Crippen LogP contribution in [0.15, 0.2) is 24.3 Å². The van der Waals surface area contributed by atoms with Gasteiger partial charge in [-0.3, -0.25) is 4.79 Å². The van der Waals surface area contributed by atoms with Crippen LogP contribution in [0.2, 0.25) is 5.02 Å². The molecular formula is C14H16ClNO5. The van der Waals surface area contributed by atoms with Gasteiger partial charge >= 0.3 is 5.97 Å². The summed E-state index contributed by atoms with van der Waals surface area (Å²) in [6.07, 6.45) is -1.66. The van der Waals surface area contributed by atoms with Crippen molar-refractivity contribution in [3.8, 4) is 5.75 Å². The average Bonchev–Trinajstić information content (AvgIpc) is 2.80. The van der Waals surface area contributed by atoms with Crippen molar-refractivity contribution in [1.82, 2.24) is 4.90 Å². The van der Waals surface area contributed by atoms with Crippen LogP contribution in [0.25, 0.3) is 0 Å². The molecule has 0 aliphatic carbocycles. The van der Waals surface area contributed by atoms with Gasteiger partial charge in [-0.25, -0.2) is 4.79 Å². The van der Waals surface area contributed by atoms with Crippen molar-refractivity contribution in [1.29, 1.82) is 0 Å². The molecule has 1 heterocycles. The van der Waals surface area contributed by atoms with E-state index in [-0.39, 0.29) is 13.0 Å². The molecule has 3 atom stereocenters. The SMILES string of the molecule is CC(Oc1cccc(Cl)c1)C(=O)N1C[C@H](O)C[C@@H]1C(=O)O. The lowest BCUT2D eigenvalue weighted by Crippen LogP contribution is -2.46. The van der Waals surface area contributed by atoms with Crippen molar-refractivity contribution < 1.29 is 24.5 Å². The highest BCUT2D eigenvalue weighted by atomic mass is 35.5. The summed E-state index contributed by atoms with van der Waals surface area (Å²) in [6, 6.07) is 5.58. The van der Waals surface area contributed by atoms with Gasteiger partial charge in [-0.2, -0.15) is 0 Å². The van der Waals surface area contributed by atoms with E-state index in [1.807, 2.05) is 0 Å². The second kappa shape index (κ2) is 6.32. The number of hydrogen-bond acceptors (Lipinski definition) is 4. The average molecular weight is 314 g/mol. The summed E-state index contributed by atoms with van der Waals surface area (Å²) in [5.74, 6) is -1.18. The highest BCUT2D eigenvalue weighted by Gasteiger charge is 2.40. The van der Waals surface area contributed by atoms with Crippen LogP contribution >= 0.6 is 11.6 Å². The van der Waals surface area contributed by atoms with Crippen molar-refractivity contribution >= 4 is 23.5 Å². The number of amides is 1. The molecular weight excluding hydrogens is 298 g/mol. The number of carboxylic acids is 1. The van der Waals surface area contributed by atoms with Gasteiger partial charge in [-0.1, -0.05) is 17.7 Å². The fraction of sp³-hybridized carbons (Fsp3) is 0.429. The first kappa shape index (κ1) is 15.6. The Morgan fingerprint density at radius 3 is 2.81 bits per heavy atom. The number of likely N-dealkylation sites (tertiary alicyclic amines) is 1. The van der Waals surface area contributed by atoms with Crippen LogP contribution in [0.4, 0.5) is 0 Å². The summed E-state index contributed by atoms with van der Waals surface area (Å²) in [5, 5.41) is 19.1. The van der Waals surface area contributed by atoms with Crippen LogP contribution in [-0.2, 0) is 9.59 Å². The molecule has 0 saturated carbocycles. The number of aliphatic carboxylic acids is 1. The summed E-state index contributed by atoms with van der Waals surface area (Å²) in [5.41, 5.74) is 0. The number of rotatable bonds is 4. The molecule has 114 valence electrons. The number of hydrogen-bond donors (Lipinski definition) is 2. The Bertz CT molecular complexity index is 550. The molecule has 0 aromatic heterocycles. The molecule has 1 fully saturated rings. The van der Waals surface area contributed by atoms with Crippen LogP contribution in [0.1, 0.15) is 13.3 Å². The lowest BCUT2D eigenvalue weighted by Gasteiger charge is -2.25. The van der Waals surface area contributed by atoms with E-state index in [4.69, 9.17) is 21.4 Å². The molecule has 2 rings (SSSR count). The normalized spacial score (nSPS) is 22.9. The van der Waals surface area contributed by atoms with Crippen molar-refractivity contribution in [2.24, 2.45) is 0 Å². The molecule has 21 heavy (non-hydrogen) atoms. The smallest absolute Gasteiger partial charge is 0.326 e. The number of carbonyl (C=O) groups excluding carboxylic acids is 1. The first-order chi connectivity index (χ1) is 9.88. The largest absolute Gasteiger partial charge is 0.481 e. The highest BCUT2D eigenvalue weighted by Crippen LogP contribution is 2.22. The van der Waals surface area contributed by atoms with Crippen LogP contribution in [0.5, 0.6) is 5.75 Å². The Kier molecular flexibility index (Phi) is 4.69. The van der Waals surface area contributed by atoms with Gasteiger partial charge in [0.15, 0.2) is 6.10 Å². The van der Waals surface area contributed by atoms with Gasteiger partial charge < -0.3 is 19.8 Å². The third kappa shape index (κ3) is 3.65. The number of nitrogens with zero attached hydrogens (tertiary/aromatic N) is 1. The van der Waals surface area contributed by atoms with Crippen LogP contribution in [0, 0.1) is 0 Å². The molecule has 7 heteroatoms. The maximum atomic E-state index is 12.3. The fourth-order valence-corrected chi connectivity index (χ4v) is 2.50. The number of carbonyl (C=O) groups is 2. The molecule has 1 aliphatic rings. The monoisotopic (exact) mass is 313 g/mol. The molecule has 1 amide bonds. The van der Waals surface area contributed by atoms with Crippen molar-refractivity contribution in [2.45, 2.75) is 31.6 Å². The zero-order valence-corrected chi connectivity index (χ0v) is 12.2. The minimum absolute atomic E-state index is 0.000947. The van der Waals surface area contributed by atoms with Crippen molar-refractivity contribution in [2.75, 3.05) is 6.54 Å². The Labute approximate surface area is 126 Å². The van der Waals surface area contributed by atoms with E-state index < -0.39 is 30.1 Å². The van der Waals surface area contributed by atoms with Gasteiger partial charge in [0, 0.05) is 18.0 Å². The first-order valence-electron chi connectivity index (χ1n) is 6.52. The zero-order chi connectivity index (χ0) is 15.6. The number of benzene rings is 1. The van der Waals surface area contributed by atoms with Gasteiger partial charge in [-0.15, -0.1) is 0 Å². The van der Waals surface area contributed by atoms with E-state index >= 15 is 0 Å². The van der Waals surface area contributed by atoms with Crippen LogP contribution < -0.4 is 4.74 Å². The predicted molar refractivity (Wildman–Crippen MR) is 75.3 cm³/mol. The van der Waals surface area contributed by atoms with E-state index in [2.05, 4.69) is 0 Å². The molecule has 1 unspecified atom stereocenters. The number of carboxylic acid groups (broad SMARTS) is 1. The van der Waals surface area contributed by atoms with Crippen molar-refractivity contribution in [3.05, 3.63) is 29.3 Å². The van der Waals surface area contributed by atoms with Crippen LogP contribution in [0.3, 0.4) is 0 Å². The third-order valence-corrected chi connectivity index (χ3v) is 3.54. The Morgan fingerprint density at radius 2 is 2.19 bits per heavy atom. The van der Waals surface area contributed by atoms with E-state index in [1.54, 1.807) is 24.3 Å². The molecule has 1 aromatic rings. The molecule has 2 N–H and O–H groups in total. The van der Waals surface area contributed by atoms with Gasteiger partial charge in [-0.05, 0) is 25.1 Å². The Morgan fingerprint density at radius 1 is 1.48 bits per heavy atom. The minimum atomic E-state index is -1.13. The number of halogens is 1. The molecule has 1 aromatic carbocycles. The molecule has 0 radical (unpaired) electrons. The van der Waals surface area contributed by atoms with Crippen molar-refractivity contribution in [3.63, 3.8) is 0 Å². The van der Waals surface area contributed by atoms with E-state index in [0.717, 1.165) is 4.90 Å². The molecule has 0 spiro atoms. The Hall–Kier alpha value is -1.79. The lowest BCUT2D eigenvalue weighted by molar-refractivity contribution is -0.150. The maximum absolute atomic E-state index is 12.3. The van der Waals surface area contributed by atoms with Gasteiger partial charge in [0.2, 0.25) is 0 Å². The Balaban J connectivity index is 2.06. The summed E-state index contributed by atoms with van der Waals surface area (Å²) in [6.45, 7) is 1.53. The zero-order valence-electron chi connectivity index (χ0n) is 11.4. The van der Waals surface area contributed by atoms with Crippen LogP contribution in [-0.4, -0.2) is 51.8 Å². The lowest BCUT2D eigenvalue weighted by atomic mass is 10.2. The first-order valence-corrected chi connectivity index (χ1v) is 6.90. The summed E-state index contributed by atoms with van der Waals surface area (Å²) in [7, 11) is 0. The number of aliphatic hydroxyl groups excluding tert-OH is 1. The minimum Gasteiger partial charge on any atom is -0.481 e.